The standard InChI is InChI=1S/C26H22O5/c1-17-12-13-22-20(14-24(27)31-25(22)18(17)2)16-30-26(28)23-11-7-6-8-19(23)15-29-21-9-4-3-5-10-21/h3-14H,15-16H2,1-2H3. The van der Waals surface area contributed by atoms with Crippen LogP contribution < -0.4 is 10.4 Å². The molecule has 0 N–H and O–H groups in total. The number of hydrogen-bond donors (Lipinski definition) is 0. The van der Waals surface area contributed by atoms with Crippen LogP contribution in [-0.2, 0) is 18.0 Å². The van der Waals surface area contributed by atoms with E-state index in [-0.39, 0.29) is 13.2 Å². The molecule has 0 radical (unpaired) electrons. The van der Waals surface area contributed by atoms with Crippen LogP contribution in [0.3, 0.4) is 0 Å². The van der Waals surface area contributed by atoms with Gasteiger partial charge < -0.3 is 13.9 Å². The molecule has 0 bridgehead atoms. The van der Waals surface area contributed by atoms with Gasteiger partial charge in [-0.05, 0) is 43.2 Å². The number of carbonyl (C=O) groups is 1. The second kappa shape index (κ2) is 8.88. The van der Waals surface area contributed by atoms with Crippen LogP contribution in [0.25, 0.3) is 11.0 Å². The Morgan fingerprint density at radius 2 is 1.61 bits per heavy atom. The van der Waals surface area contributed by atoms with E-state index in [1.807, 2.05) is 68.4 Å². The molecule has 156 valence electrons. The lowest BCUT2D eigenvalue weighted by Gasteiger charge is -2.12. The fourth-order valence-corrected chi connectivity index (χ4v) is 3.39. The van der Waals surface area contributed by atoms with E-state index in [1.54, 1.807) is 12.1 Å². The Bertz CT molecular complexity index is 1290. The van der Waals surface area contributed by atoms with Crippen LogP contribution >= 0.6 is 0 Å². The molecule has 1 heterocycles. The molecule has 0 saturated heterocycles. The SMILES string of the molecule is Cc1ccc2c(COC(=O)c3ccccc3COc3ccccc3)cc(=O)oc2c1C. The maximum atomic E-state index is 12.8. The molecule has 0 aliphatic carbocycles. The summed E-state index contributed by atoms with van der Waals surface area (Å²) in [6.07, 6.45) is 0. The van der Waals surface area contributed by atoms with Crippen molar-refractivity contribution >= 4 is 16.9 Å². The van der Waals surface area contributed by atoms with E-state index in [9.17, 15) is 9.59 Å². The quantitative estimate of drug-likeness (QED) is 0.314. The fraction of sp³-hybridized carbons (Fsp3) is 0.154. The molecular formula is C26H22O5. The lowest BCUT2D eigenvalue weighted by atomic mass is 10.0. The van der Waals surface area contributed by atoms with Crippen molar-refractivity contribution < 1.29 is 18.7 Å². The van der Waals surface area contributed by atoms with Crippen LogP contribution in [0.15, 0.2) is 82.0 Å². The molecule has 4 rings (SSSR count). The third-order valence-corrected chi connectivity index (χ3v) is 5.25. The van der Waals surface area contributed by atoms with Crippen molar-refractivity contribution in [3.05, 3.63) is 111 Å². The zero-order chi connectivity index (χ0) is 21.8. The molecule has 0 spiro atoms. The lowest BCUT2D eigenvalue weighted by Crippen LogP contribution is -2.11. The maximum Gasteiger partial charge on any atom is 0.338 e. The highest BCUT2D eigenvalue weighted by molar-refractivity contribution is 5.91. The lowest BCUT2D eigenvalue weighted by molar-refractivity contribution is 0.0471. The van der Waals surface area contributed by atoms with E-state index < -0.39 is 11.6 Å². The molecule has 0 aliphatic heterocycles. The van der Waals surface area contributed by atoms with Gasteiger partial charge in [-0.1, -0.05) is 48.5 Å². The van der Waals surface area contributed by atoms with E-state index in [0.717, 1.165) is 27.8 Å². The van der Waals surface area contributed by atoms with E-state index in [0.29, 0.717) is 16.7 Å². The number of carbonyl (C=O) groups excluding carboxylic acids is 1. The van der Waals surface area contributed by atoms with Gasteiger partial charge in [0.25, 0.3) is 0 Å². The van der Waals surface area contributed by atoms with Gasteiger partial charge in [0.05, 0.1) is 5.56 Å². The zero-order valence-corrected chi connectivity index (χ0v) is 17.4. The topological polar surface area (TPSA) is 65.7 Å². The number of fused-ring (bicyclic) bond motifs is 1. The van der Waals surface area contributed by atoms with Gasteiger partial charge in [-0.25, -0.2) is 9.59 Å². The number of hydrogen-bond acceptors (Lipinski definition) is 5. The molecule has 4 aromatic rings. The maximum absolute atomic E-state index is 12.8. The summed E-state index contributed by atoms with van der Waals surface area (Å²) >= 11 is 0. The first kappa shape index (κ1) is 20.4. The Labute approximate surface area is 179 Å². The molecule has 5 heteroatoms. The number of aryl methyl sites for hydroxylation is 2. The van der Waals surface area contributed by atoms with Crippen molar-refractivity contribution in [2.24, 2.45) is 0 Å². The van der Waals surface area contributed by atoms with Gasteiger partial charge in [0.1, 0.15) is 24.5 Å². The summed E-state index contributed by atoms with van der Waals surface area (Å²) in [6, 6.07) is 21.8. The normalized spacial score (nSPS) is 10.8. The van der Waals surface area contributed by atoms with E-state index in [4.69, 9.17) is 13.9 Å². The average molecular weight is 414 g/mol. The Balaban J connectivity index is 1.54. The third kappa shape index (κ3) is 4.51. The first-order valence-corrected chi connectivity index (χ1v) is 9.99. The Kier molecular flexibility index (Phi) is 5.85. The monoisotopic (exact) mass is 414 g/mol. The summed E-state index contributed by atoms with van der Waals surface area (Å²) in [7, 11) is 0. The van der Waals surface area contributed by atoms with Gasteiger partial charge in [-0.15, -0.1) is 0 Å². The van der Waals surface area contributed by atoms with Gasteiger partial charge in [0, 0.05) is 22.6 Å². The predicted molar refractivity (Wildman–Crippen MR) is 118 cm³/mol. The van der Waals surface area contributed by atoms with Crippen LogP contribution in [-0.4, -0.2) is 5.97 Å². The molecule has 31 heavy (non-hydrogen) atoms. The minimum atomic E-state index is -0.475. The summed E-state index contributed by atoms with van der Waals surface area (Å²) < 4.78 is 16.7. The summed E-state index contributed by atoms with van der Waals surface area (Å²) in [5.74, 6) is 0.247. The molecule has 3 aromatic carbocycles. The second-order valence-corrected chi connectivity index (χ2v) is 7.31. The zero-order valence-electron chi connectivity index (χ0n) is 17.4. The van der Waals surface area contributed by atoms with E-state index in [2.05, 4.69) is 0 Å². The molecule has 0 amide bonds. The first-order chi connectivity index (χ1) is 15.0. The summed E-state index contributed by atoms with van der Waals surface area (Å²) in [5, 5.41) is 0.760. The van der Waals surface area contributed by atoms with Crippen LogP contribution in [0.4, 0.5) is 0 Å². The molecule has 0 fully saturated rings. The average Bonchev–Trinajstić information content (AvgIpc) is 2.79. The summed E-state index contributed by atoms with van der Waals surface area (Å²) in [4.78, 5) is 24.8. The second-order valence-electron chi connectivity index (χ2n) is 7.31. The van der Waals surface area contributed by atoms with Crippen LogP contribution in [0, 0.1) is 13.8 Å². The molecule has 0 aliphatic rings. The highest BCUT2D eigenvalue weighted by Gasteiger charge is 2.15. The molecule has 0 atom stereocenters. The van der Waals surface area contributed by atoms with Gasteiger partial charge in [-0.3, -0.25) is 0 Å². The molecular weight excluding hydrogens is 392 g/mol. The van der Waals surface area contributed by atoms with Crippen molar-refractivity contribution in [3.63, 3.8) is 0 Å². The number of benzene rings is 3. The van der Waals surface area contributed by atoms with Crippen molar-refractivity contribution in [3.8, 4) is 5.75 Å². The fourth-order valence-electron chi connectivity index (χ4n) is 3.39. The summed E-state index contributed by atoms with van der Waals surface area (Å²) in [6.45, 7) is 4.07. The number of para-hydroxylation sites is 1. The van der Waals surface area contributed by atoms with Crippen LogP contribution in [0.5, 0.6) is 5.75 Å². The third-order valence-electron chi connectivity index (χ3n) is 5.25. The van der Waals surface area contributed by atoms with E-state index >= 15 is 0 Å². The number of rotatable bonds is 6. The highest BCUT2D eigenvalue weighted by atomic mass is 16.5. The summed E-state index contributed by atoms with van der Waals surface area (Å²) in [5.41, 5.74) is 3.74. The molecule has 1 aromatic heterocycles. The van der Waals surface area contributed by atoms with Gasteiger partial charge in [0.2, 0.25) is 0 Å². The molecule has 5 nitrogen and oxygen atoms in total. The van der Waals surface area contributed by atoms with Crippen LogP contribution in [0.2, 0.25) is 0 Å². The van der Waals surface area contributed by atoms with E-state index in [1.165, 1.54) is 6.07 Å². The minimum Gasteiger partial charge on any atom is -0.489 e. The Morgan fingerprint density at radius 3 is 2.42 bits per heavy atom. The number of ether oxygens (including phenoxy) is 2. The first-order valence-electron chi connectivity index (χ1n) is 9.99. The van der Waals surface area contributed by atoms with Crippen molar-refractivity contribution in [2.45, 2.75) is 27.1 Å². The Hall–Kier alpha value is -3.86. The largest absolute Gasteiger partial charge is 0.489 e. The van der Waals surface area contributed by atoms with Crippen molar-refractivity contribution in [2.75, 3.05) is 0 Å². The van der Waals surface area contributed by atoms with Crippen molar-refractivity contribution in [1.82, 2.24) is 0 Å². The molecule has 0 saturated carbocycles. The predicted octanol–water partition coefficient (Wildman–Crippen LogP) is 5.35. The van der Waals surface area contributed by atoms with Gasteiger partial charge in [-0.2, -0.15) is 0 Å². The number of esters is 1. The Morgan fingerprint density at radius 1 is 0.871 bits per heavy atom. The van der Waals surface area contributed by atoms with Gasteiger partial charge >= 0.3 is 11.6 Å². The molecule has 0 unspecified atom stereocenters. The van der Waals surface area contributed by atoms with Crippen LogP contribution in [0.1, 0.15) is 32.6 Å². The minimum absolute atomic E-state index is 0.0304. The smallest absolute Gasteiger partial charge is 0.338 e. The van der Waals surface area contributed by atoms with Crippen molar-refractivity contribution in [1.29, 1.82) is 0 Å². The highest BCUT2D eigenvalue weighted by Crippen LogP contribution is 2.24. The van der Waals surface area contributed by atoms with Gasteiger partial charge in [0.15, 0.2) is 0 Å².